The first-order chi connectivity index (χ1) is 6.38. The molecular formula is C7H10ClN3O2. The minimum Gasteiger partial charge on any atom is -0.407 e. The summed E-state index contributed by atoms with van der Waals surface area (Å²) < 4.78 is 10.4. The molecule has 0 radical (unpaired) electrons. The van der Waals surface area contributed by atoms with Crippen LogP contribution in [0.2, 0.25) is 0 Å². The van der Waals surface area contributed by atoms with Crippen molar-refractivity contribution in [3.8, 4) is 0 Å². The molecule has 2 heterocycles. The number of hydrogen-bond donors (Lipinski definition) is 1. The monoisotopic (exact) mass is 203 g/mol. The van der Waals surface area contributed by atoms with E-state index in [4.69, 9.17) is 20.8 Å². The van der Waals surface area contributed by atoms with Gasteiger partial charge in [-0.25, -0.2) is 0 Å². The summed E-state index contributed by atoms with van der Waals surface area (Å²) in [6.07, 6.45) is 0.971. The number of aromatic nitrogens is 2. The molecule has 1 unspecified atom stereocenters. The Hall–Kier alpha value is -0.810. The lowest BCUT2D eigenvalue weighted by Gasteiger charge is -2.05. The Morgan fingerprint density at radius 1 is 1.54 bits per heavy atom. The first-order valence-electron chi connectivity index (χ1n) is 4.11. The molecule has 5 nitrogen and oxygen atoms in total. The van der Waals surface area contributed by atoms with Crippen LogP contribution in [0.1, 0.15) is 12.3 Å². The van der Waals surface area contributed by atoms with Crippen LogP contribution in [0.15, 0.2) is 4.42 Å². The SMILES string of the molecule is ClCc1nnc(NC2CCOC2)o1. The summed E-state index contributed by atoms with van der Waals surface area (Å²) >= 11 is 5.51. The van der Waals surface area contributed by atoms with Crippen LogP contribution >= 0.6 is 11.6 Å². The molecule has 0 aromatic carbocycles. The minimum absolute atomic E-state index is 0.246. The third-order valence-corrected chi connectivity index (χ3v) is 2.07. The lowest BCUT2D eigenvalue weighted by atomic mass is 10.3. The van der Waals surface area contributed by atoms with Gasteiger partial charge in [0.2, 0.25) is 5.89 Å². The average molecular weight is 204 g/mol. The van der Waals surface area contributed by atoms with E-state index in [1.54, 1.807) is 0 Å². The molecule has 72 valence electrons. The van der Waals surface area contributed by atoms with E-state index in [0.717, 1.165) is 13.0 Å². The molecule has 0 bridgehead atoms. The summed E-state index contributed by atoms with van der Waals surface area (Å²) in [5.74, 6) is 0.679. The van der Waals surface area contributed by atoms with Crippen molar-refractivity contribution in [3.05, 3.63) is 5.89 Å². The van der Waals surface area contributed by atoms with Gasteiger partial charge in [-0.3, -0.25) is 0 Å². The van der Waals surface area contributed by atoms with E-state index in [0.29, 0.717) is 18.5 Å². The number of anilines is 1. The van der Waals surface area contributed by atoms with Crippen molar-refractivity contribution in [1.29, 1.82) is 0 Å². The Kier molecular flexibility index (Phi) is 2.65. The zero-order valence-corrected chi connectivity index (χ0v) is 7.75. The smallest absolute Gasteiger partial charge is 0.315 e. The predicted octanol–water partition coefficient (Wildman–Crippen LogP) is 1.01. The molecule has 1 aromatic heterocycles. The minimum atomic E-state index is 0.246. The normalized spacial score (nSPS) is 22.1. The lowest BCUT2D eigenvalue weighted by Crippen LogP contribution is -2.18. The van der Waals surface area contributed by atoms with Crippen LogP contribution in [0.4, 0.5) is 6.01 Å². The largest absolute Gasteiger partial charge is 0.407 e. The second-order valence-corrected chi connectivity index (χ2v) is 3.11. The van der Waals surface area contributed by atoms with Gasteiger partial charge in [0.25, 0.3) is 0 Å². The first kappa shape index (κ1) is 8.77. The van der Waals surface area contributed by atoms with Gasteiger partial charge in [-0.15, -0.1) is 16.7 Å². The second-order valence-electron chi connectivity index (χ2n) is 2.84. The van der Waals surface area contributed by atoms with Gasteiger partial charge in [-0.2, -0.15) is 0 Å². The van der Waals surface area contributed by atoms with E-state index in [1.807, 2.05) is 0 Å². The van der Waals surface area contributed by atoms with Gasteiger partial charge in [0.15, 0.2) is 0 Å². The van der Waals surface area contributed by atoms with Gasteiger partial charge >= 0.3 is 6.01 Å². The van der Waals surface area contributed by atoms with Crippen molar-refractivity contribution in [2.24, 2.45) is 0 Å². The van der Waals surface area contributed by atoms with Crippen molar-refractivity contribution in [2.45, 2.75) is 18.3 Å². The highest BCUT2D eigenvalue weighted by Crippen LogP contribution is 2.12. The number of halogens is 1. The van der Waals surface area contributed by atoms with Gasteiger partial charge in [0.1, 0.15) is 5.88 Å². The van der Waals surface area contributed by atoms with Crippen LogP contribution in [0, 0.1) is 0 Å². The number of nitrogens with one attached hydrogen (secondary N) is 1. The fraction of sp³-hybridized carbons (Fsp3) is 0.714. The van der Waals surface area contributed by atoms with Crippen LogP contribution < -0.4 is 5.32 Å². The zero-order valence-electron chi connectivity index (χ0n) is 6.99. The quantitative estimate of drug-likeness (QED) is 0.743. The fourth-order valence-electron chi connectivity index (χ4n) is 1.19. The maximum Gasteiger partial charge on any atom is 0.315 e. The first-order valence-corrected chi connectivity index (χ1v) is 4.64. The molecule has 6 heteroatoms. The molecule has 1 fully saturated rings. The molecular weight excluding hydrogens is 194 g/mol. The van der Waals surface area contributed by atoms with E-state index < -0.39 is 0 Å². The molecule has 1 aliphatic rings. The second kappa shape index (κ2) is 3.93. The topological polar surface area (TPSA) is 60.2 Å². The third kappa shape index (κ3) is 2.10. The van der Waals surface area contributed by atoms with Crippen molar-refractivity contribution in [3.63, 3.8) is 0 Å². The fourth-order valence-corrected chi connectivity index (χ4v) is 1.30. The van der Waals surface area contributed by atoms with Crippen LogP contribution in [0.25, 0.3) is 0 Å². The van der Waals surface area contributed by atoms with Gasteiger partial charge in [-0.05, 0) is 6.42 Å². The van der Waals surface area contributed by atoms with E-state index in [1.165, 1.54) is 0 Å². The molecule has 1 aliphatic heterocycles. The molecule has 0 spiro atoms. The van der Waals surface area contributed by atoms with Crippen LogP contribution in [-0.4, -0.2) is 29.5 Å². The maximum absolute atomic E-state index is 5.51. The highest BCUT2D eigenvalue weighted by Gasteiger charge is 2.17. The molecule has 0 amide bonds. The Bertz CT molecular complexity index is 272. The standard InChI is InChI=1S/C7H10ClN3O2/c8-3-6-10-11-7(13-6)9-5-1-2-12-4-5/h5H,1-4H2,(H,9,11). The number of alkyl halides is 1. The predicted molar refractivity (Wildman–Crippen MR) is 46.7 cm³/mol. The van der Waals surface area contributed by atoms with Crippen molar-refractivity contribution in [2.75, 3.05) is 18.5 Å². The summed E-state index contributed by atoms with van der Waals surface area (Å²) in [6, 6.07) is 0.703. The zero-order chi connectivity index (χ0) is 9.10. The van der Waals surface area contributed by atoms with Crippen molar-refractivity contribution >= 4 is 17.6 Å². The Labute approximate surface area is 80.4 Å². The van der Waals surface area contributed by atoms with Gasteiger partial charge < -0.3 is 14.5 Å². The summed E-state index contributed by atoms with van der Waals surface area (Å²) in [5.41, 5.74) is 0. The van der Waals surface area contributed by atoms with Gasteiger partial charge in [-0.1, -0.05) is 5.10 Å². The van der Waals surface area contributed by atoms with Crippen LogP contribution in [-0.2, 0) is 10.6 Å². The molecule has 1 atom stereocenters. The number of nitrogens with zero attached hydrogens (tertiary/aromatic N) is 2. The molecule has 0 aliphatic carbocycles. The molecule has 13 heavy (non-hydrogen) atoms. The lowest BCUT2D eigenvalue weighted by molar-refractivity contribution is 0.195. The molecule has 0 saturated carbocycles. The van der Waals surface area contributed by atoms with E-state index in [2.05, 4.69) is 15.5 Å². The number of rotatable bonds is 3. The molecule has 1 aromatic rings. The van der Waals surface area contributed by atoms with E-state index in [9.17, 15) is 0 Å². The Morgan fingerprint density at radius 2 is 2.46 bits per heavy atom. The maximum atomic E-state index is 5.51. The third-order valence-electron chi connectivity index (χ3n) is 1.84. The highest BCUT2D eigenvalue weighted by atomic mass is 35.5. The highest BCUT2D eigenvalue weighted by molar-refractivity contribution is 6.16. The molecule has 2 rings (SSSR count). The summed E-state index contributed by atoms with van der Waals surface area (Å²) in [6.45, 7) is 1.48. The van der Waals surface area contributed by atoms with Crippen molar-refractivity contribution < 1.29 is 9.15 Å². The number of hydrogen-bond acceptors (Lipinski definition) is 5. The van der Waals surface area contributed by atoms with Gasteiger partial charge in [0, 0.05) is 6.61 Å². The number of ether oxygens (including phenoxy) is 1. The average Bonchev–Trinajstić information content (AvgIpc) is 2.76. The summed E-state index contributed by atoms with van der Waals surface area (Å²) in [5, 5.41) is 10.6. The van der Waals surface area contributed by atoms with E-state index in [-0.39, 0.29) is 11.9 Å². The van der Waals surface area contributed by atoms with Crippen LogP contribution in [0.3, 0.4) is 0 Å². The molecule has 1 N–H and O–H groups in total. The molecule has 1 saturated heterocycles. The summed E-state index contributed by atoms with van der Waals surface area (Å²) in [7, 11) is 0. The van der Waals surface area contributed by atoms with Crippen LogP contribution in [0.5, 0.6) is 0 Å². The van der Waals surface area contributed by atoms with E-state index >= 15 is 0 Å². The van der Waals surface area contributed by atoms with Gasteiger partial charge in [0.05, 0.1) is 12.6 Å². The Morgan fingerprint density at radius 3 is 3.08 bits per heavy atom. The Balaban J connectivity index is 1.92. The summed E-state index contributed by atoms with van der Waals surface area (Å²) in [4.78, 5) is 0. The van der Waals surface area contributed by atoms with Crippen molar-refractivity contribution in [1.82, 2.24) is 10.2 Å².